The molecule has 0 unspecified atom stereocenters. The van der Waals surface area contributed by atoms with Crippen molar-refractivity contribution in [2.24, 2.45) is 0 Å². The minimum Gasteiger partial charge on any atom is -0.454 e. The molecule has 1 fully saturated rings. The number of aromatic nitrogens is 3. The summed E-state index contributed by atoms with van der Waals surface area (Å²) in [6, 6.07) is 18.3. The number of anilines is 1. The predicted molar refractivity (Wildman–Crippen MR) is 128 cm³/mol. The Balaban J connectivity index is 1.07. The summed E-state index contributed by atoms with van der Waals surface area (Å²) in [4.78, 5) is 14.0. The molecule has 0 spiro atoms. The maximum Gasteiger partial charge on any atom is 0.259 e. The quantitative estimate of drug-likeness (QED) is 0.444. The maximum absolute atomic E-state index is 5.50. The Labute approximate surface area is 197 Å². The van der Waals surface area contributed by atoms with Crippen molar-refractivity contribution in [1.29, 1.82) is 0 Å². The van der Waals surface area contributed by atoms with Gasteiger partial charge in [0.05, 0.1) is 5.56 Å². The maximum atomic E-state index is 5.50. The van der Waals surface area contributed by atoms with Gasteiger partial charge in [-0.05, 0) is 42.8 Å². The number of piperazine rings is 1. The van der Waals surface area contributed by atoms with E-state index < -0.39 is 0 Å². The molecule has 6 rings (SSSR count). The molecule has 0 saturated carbocycles. The molecule has 2 aliphatic rings. The summed E-state index contributed by atoms with van der Waals surface area (Å²) in [6.45, 7) is 7.05. The number of aryl methyl sites for hydroxylation is 1. The fraction of sp³-hybridized carbons (Fsp3) is 0.269. The monoisotopic (exact) mass is 455 g/mol. The van der Waals surface area contributed by atoms with Gasteiger partial charge in [-0.15, -0.1) is 0 Å². The molecule has 2 aromatic heterocycles. The van der Waals surface area contributed by atoms with Gasteiger partial charge < -0.3 is 18.9 Å². The Morgan fingerprint density at radius 2 is 1.76 bits per heavy atom. The van der Waals surface area contributed by atoms with Crippen LogP contribution in [0.2, 0.25) is 0 Å². The van der Waals surface area contributed by atoms with Crippen LogP contribution in [-0.4, -0.2) is 53.0 Å². The minimum atomic E-state index is 0.309. The topological polar surface area (TPSA) is 76.8 Å². The molecule has 4 heterocycles. The zero-order valence-electron chi connectivity index (χ0n) is 19.0. The highest BCUT2D eigenvalue weighted by molar-refractivity contribution is 5.60. The molecule has 0 aliphatic carbocycles. The van der Waals surface area contributed by atoms with Gasteiger partial charge in [-0.1, -0.05) is 35.0 Å². The van der Waals surface area contributed by atoms with Gasteiger partial charge >= 0.3 is 0 Å². The number of fused-ring (bicyclic) bond motifs is 1. The van der Waals surface area contributed by atoms with E-state index in [9.17, 15) is 0 Å². The van der Waals surface area contributed by atoms with Crippen LogP contribution in [0.5, 0.6) is 11.5 Å². The van der Waals surface area contributed by atoms with E-state index in [-0.39, 0.29) is 0 Å². The summed E-state index contributed by atoms with van der Waals surface area (Å²) in [5, 5.41) is 4.13. The molecule has 2 aliphatic heterocycles. The van der Waals surface area contributed by atoms with Gasteiger partial charge in [0, 0.05) is 44.5 Å². The van der Waals surface area contributed by atoms with E-state index in [2.05, 4.69) is 37.1 Å². The number of pyridine rings is 1. The van der Waals surface area contributed by atoms with Crippen LogP contribution < -0.4 is 14.4 Å². The van der Waals surface area contributed by atoms with E-state index in [1.54, 1.807) is 0 Å². The average Bonchev–Trinajstić information content (AvgIpc) is 3.55. The van der Waals surface area contributed by atoms with Gasteiger partial charge in [0.25, 0.3) is 5.89 Å². The Bertz CT molecular complexity index is 1300. The van der Waals surface area contributed by atoms with Crippen LogP contribution in [-0.2, 0) is 6.54 Å². The molecule has 0 radical (unpaired) electrons. The average molecular weight is 456 g/mol. The van der Waals surface area contributed by atoms with Gasteiger partial charge in [-0.25, -0.2) is 4.98 Å². The lowest BCUT2D eigenvalue weighted by Crippen LogP contribution is -2.46. The van der Waals surface area contributed by atoms with Crippen LogP contribution >= 0.6 is 0 Å². The van der Waals surface area contributed by atoms with Gasteiger partial charge in [-0.2, -0.15) is 4.98 Å². The zero-order chi connectivity index (χ0) is 22.9. The third-order valence-electron chi connectivity index (χ3n) is 6.24. The number of hydrogen-bond acceptors (Lipinski definition) is 8. The molecule has 2 aromatic carbocycles. The zero-order valence-corrected chi connectivity index (χ0v) is 19.0. The molecule has 172 valence electrons. The van der Waals surface area contributed by atoms with Gasteiger partial charge in [0.1, 0.15) is 5.82 Å². The first-order valence-electron chi connectivity index (χ1n) is 11.4. The second kappa shape index (κ2) is 8.79. The van der Waals surface area contributed by atoms with E-state index in [4.69, 9.17) is 14.0 Å². The number of ether oxygens (including phenoxy) is 2. The van der Waals surface area contributed by atoms with Crippen LogP contribution in [0.25, 0.3) is 22.8 Å². The molecular weight excluding hydrogens is 430 g/mol. The van der Waals surface area contributed by atoms with Gasteiger partial charge in [-0.3, -0.25) is 4.90 Å². The molecule has 8 nitrogen and oxygen atoms in total. The first kappa shape index (κ1) is 20.7. The number of rotatable bonds is 5. The second-order valence-electron chi connectivity index (χ2n) is 8.65. The summed E-state index contributed by atoms with van der Waals surface area (Å²) in [5.41, 5.74) is 4.16. The molecular formula is C26H25N5O3. The molecule has 4 aromatic rings. The molecule has 0 N–H and O–H groups in total. The van der Waals surface area contributed by atoms with Crippen molar-refractivity contribution in [3.8, 4) is 34.3 Å². The van der Waals surface area contributed by atoms with Gasteiger partial charge in [0.15, 0.2) is 11.5 Å². The summed E-state index contributed by atoms with van der Waals surface area (Å²) >= 11 is 0. The molecule has 0 bridgehead atoms. The van der Waals surface area contributed by atoms with Gasteiger partial charge in [0.2, 0.25) is 12.6 Å². The van der Waals surface area contributed by atoms with Crippen molar-refractivity contribution >= 4 is 5.82 Å². The number of hydrogen-bond donors (Lipinski definition) is 0. The van der Waals surface area contributed by atoms with Crippen LogP contribution in [0, 0.1) is 6.92 Å². The van der Waals surface area contributed by atoms with E-state index in [1.165, 1.54) is 5.56 Å². The first-order valence-corrected chi connectivity index (χ1v) is 11.4. The smallest absolute Gasteiger partial charge is 0.259 e. The molecule has 1 saturated heterocycles. The highest BCUT2D eigenvalue weighted by atomic mass is 16.7. The number of benzene rings is 2. The molecule has 0 atom stereocenters. The van der Waals surface area contributed by atoms with Crippen molar-refractivity contribution in [2.75, 3.05) is 37.9 Å². The van der Waals surface area contributed by atoms with E-state index >= 15 is 0 Å². The fourth-order valence-electron chi connectivity index (χ4n) is 4.37. The third-order valence-corrected chi connectivity index (χ3v) is 6.24. The van der Waals surface area contributed by atoms with Crippen molar-refractivity contribution in [3.63, 3.8) is 0 Å². The lowest BCUT2D eigenvalue weighted by Gasteiger charge is -2.35. The van der Waals surface area contributed by atoms with E-state index in [1.807, 2.05) is 55.6 Å². The largest absolute Gasteiger partial charge is 0.454 e. The van der Waals surface area contributed by atoms with Crippen LogP contribution in [0.4, 0.5) is 5.82 Å². The van der Waals surface area contributed by atoms with Crippen molar-refractivity contribution in [1.82, 2.24) is 20.0 Å². The Kier molecular flexibility index (Phi) is 5.35. The highest BCUT2D eigenvalue weighted by Gasteiger charge is 2.20. The van der Waals surface area contributed by atoms with Crippen molar-refractivity contribution < 1.29 is 14.0 Å². The summed E-state index contributed by atoms with van der Waals surface area (Å²) < 4.78 is 16.4. The second-order valence-corrected chi connectivity index (χ2v) is 8.65. The minimum absolute atomic E-state index is 0.309. The number of nitrogens with zero attached hydrogens (tertiary/aromatic N) is 5. The molecule has 0 amide bonds. The van der Waals surface area contributed by atoms with E-state index in [0.717, 1.165) is 66.7 Å². The normalized spacial score (nSPS) is 15.6. The standard InChI is InChI=1S/C26H25N5O3/c1-18-3-2-4-20(13-18)25-28-26(34-29-25)21-6-8-24(27-15-21)31-11-9-30(10-12-31)16-19-5-7-22-23(14-19)33-17-32-22/h2-8,13-15H,9-12,16-17H2,1H3. The summed E-state index contributed by atoms with van der Waals surface area (Å²) in [5.74, 6) is 3.69. The Morgan fingerprint density at radius 1 is 0.882 bits per heavy atom. The lowest BCUT2D eigenvalue weighted by atomic mass is 10.1. The Hall–Kier alpha value is -3.91. The SMILES string of the molecule is Cc1cccc(-c2noc(-c3ccc(N4CCN(Cc5ccc6c(c5)OCO6)CC4)nc3)n2)c1. The lowest BCUT2D eigenvalue weighted by molar-refractivity contribution is 0.174. The fourth-order valence-corrected chi connectivity index (χ4v) is 4.37. The first-order chi connectivity index (χ1) is 16.7. The summed E-state index contributed by atoms with van der Waals surface area (Å²) in [6.07, 6.45) is 1.81. The third kappa shape index (κ3) is 4.20. The van der Waals surface area contributed by atoms with Crippen molar-refractivity contribution in [3.05, 3.63) is 71.9 Å². The van der Waals surface area contributed by atoms with Crippen molar-refractivity contribution in [2.45, 2.75) is 13.5 Å². The molecule has 8 heteroatoms. The predicted octanol–water partition coefficient (Wildman–Crippen LogP) is 4.16. The Morgan fingerprint density at radius 3 is 2.59 bits per heavy atom. The van der Waals surface area contributed by atoms with Crippen LogP contribution in [0.1, 0.15) is 11.1 Å². The molecule has 34 heavy (non-hydrogen) atoms. The van der Waals surface area contributed by atoms with Crippen LogP contribution in [0.15, 0.2) is 65.3 Å². The van der Waals surface area contributed by atoms with E-state index in [0.29, 0.717) is 18.5 Å². The van der Waals surface area contributed by atoms with Crippen LogP contribution in [0.3, 0.4) is 0 Å². The highest BCUT2D eigenvalue weighted by Crippen LogP contribution is 2.33. The summed E-state index contributed by atoms with van der Waals surface area (Å²) in [7, 11) is 0.